The maximum Gasteiger partial charge on any atom is 0.162 e. The van der Waals surface area contributed by atoms with E-state index >= 15 is 0 Å². The average molecular weight is 229 g/mol. The zero-order valence-electron chi connectivity index (χ0n) is 7.06. The van der Waals surface area contributed by atoms with Crippen molar-refractivity contribution in [2.75, 3.05) is 0 Å². The molecule has 0 aliphatic heterocycles. The molecular formula is C8H6Cl2N4. The normalized spacial score (nSPS) is 10.4. The Morgan fingerprint density at radius 3 is 2.86 bits per heavy atom. The van der Waals surface area contributed by atoms with Gasteiger partial charge < -0.3 is 0 Å². The predicted octanol–water partition coefficient (Wildman–Crippen LogP) is 2.05. The molecule has 0 amide bonds. The van der Waals surface area contributed by atoms with Crippen molar-refractivity contribution >= 4 is 23.2 Å². The molecule has 0 saturated carbocycles. The summed E-state index contributed by atoms with van der Waals surface area (Å²) in [7, 11) is 0. The Morgan fingerprint density at radius 2 is 2.21 bits per heavy atom. The first-order valence-corrected chi connectivity index (χ1v) is 4.79. The molecular weight excluding hydrogens is 223 g/mol. The van der Waals surface area contributed by atoms with Crippen molar-refractivity contribution in [1.29, 1.82) is 0 Å². The minimum Gasteiger partial charge on any atom is -0.224 e. The van der Waals surface area contributed by atoms with Crippen molar-refractivity contribution in [3.05, 3.63) is 35.5 Å². The number of alkyl halides is 1. The minimum absolute atomic E-state index is 0.259. The van der Waals surface area contributed by atoms with Crippen LogP contribution in [0.1, 0.15) is 5.56 Å². The third kappa shape index (κ3) is 1.58. The van der Waals surface area contributed by atoms with Crippen LogP contribution < -0.4 is 0 Å². The summed E-state index contributed by atoms with van der Waals surface area (Å²) in [5.41, 5.74) is 0.680. The molecule has 14 heavy (non-hydrogen) atoms. The van der Waals surface area contributed by atoms with E-state index in [0.29, 0.717) is 16.5 Å². The Hall–Kier alpha value is -1.13. The highest BCUT2D eigenvalue weighted by Gasteiger charge is 2.10. The van der Waals surface area contributed by atoms with E-state index in [4.69, 9.17) is 23.2 Å². The van der Waals surface area contributed by atoms with Gasteiger partial charge in [0, 0.05) is 18.0 Å². The molecule has 0 aliphatic carbocycles. The molecule has 0 N–H and O–H groups in total. The van der Waals surface area contributed by atoms with Crippen LogP contribution in [0.2, 0.25) is 5.15 Å². The lowest BCUT2D eigenvalue weighted by molar-refractivity contribution is 0.827. The lowest BCUT2D eigenvalue weighted by Crippen LogP contribution is -2.03. The van der Waals surface area contributed by atoms with Gasteiger partial charge in [-0.25, -0.2) is 14.6 Å². The Bertz CT molecular complexity index is 427. The Morgan fingerprint density at radius 1 is 1.36 bits per heavy atom. The average Bonchev–Trinajstić information content (AvgIpc) is 2.70. The van der Waals surface area contributed by atoms with Crippen LogP contribution in [-0.2, 0) is 5.88 Å². The van der Waals surface area contributed by atoms with E-state index in [1.165, 1.54) is 6.33 Å². The number of nitrogens with zero attached hydrogens (tertiary/aromatic N) is 4. The second-order valence-corrected chi connectivity index (χ2v) is 3.18. The van der Waals surface area contributed by atoms with Gasteiger partial charge in [0.2, 0.25) is 0 Å². The van der Waals surface area contributed by atoms with Gasteiger partial charge in [0.25, 0.3) is 0 Å². The Balaban J connectivity index is 2.58. The second kappa shape index (κ2) is 3.94. The van der Waals surface area contributed by atoms with Gasteiger partial charge in [0.15, 0.2) is 5.82 Å². The summed E-state index contributed by atoms with van der Waals surface area (Å²) < 4.78 is 1.60. The van der Waals surface area contributed by atoms with Crippen LogP contribution in [0.4, 0.5) is 0 Å². The fourth-order valence-corrected chi connectivity index (χ4v) is 1.60. The highest BCUT2D eigenvalue weighted by molar-refractivity contribution is 6.31. The van der Waals surface area contributed by atoms with E-state index in [9.17, 15) is 0 Å². The summed E-state index contributed by atoms with van der Waals surface area (Å²) in [4.78, 5) is 7.92. The second-order valence-electron chi connectivity index (χ2n) is 2.55. The van der Waals surface area contributed by atoms with Gasteiger partial charge in [-0.2, -0.15) is 5.10 Å². The molecule has 0 radical (unpaired) electrons. The molecule has 0 aliphatic rings. The number of rotatable bonds is 2. The van der Waals surface area contributed by atoms with Gasteiger partial charge in [0.1, 0.15) is 11.5 Å². The molecule has 0 aromatic carbocycles. The van der Waals surface area contributed by atoms with Crippen LogP contribution in [0.5, 0.6) is 0 Å². The first-order valence-electron chi connectivity index (χ1n) is 3.88. The van der Waals surface area contributed by atoms with E-state index in [2.05, 4.69) is 15.1 Å². The summed E-state index contributed by atoms with van der Waals surface area (Å²) in [5.74, 6) is 0.875. The molecule has 0 spiro atoms. The van der Waals surface area contributed by atoms with Crippen molar-refractivity contribution in [3.8, 4) is 5.82 Å². The predicted molar refractivity (Wildman–Crippen MR) is 53.7 cm³/mol. The van der Waals surface area contributed by atoms with E-state index in [1.54, 1.807) is 23.1 Å². The fraction of sp³-hybridized carbons (Fsp3) is 0.125. The molecule has 0 saturated heterocycles. The first kappa shape index (κ1) is 9.43. The van der Waals surface area contributed by atoms with Gasteiger partial charge in [-0.05, 0) is 6.07 Å². The van der Waals surface area contributed by atoms with Crippen LogP contribution in [0.25, 0.3) is 5.82 Å². The maximum atomic E-state index is 5.87. The smallest absolute Gasteiger partial charge is 0.162 e. The van der Waals surface area contributed by atoms with Gasteiger partial charge >= 0.3 is 0 Å². The summed E-state index contributed by atoms with van der Waals surface area (Å²) >= 11 is 11.6. The third-order valence-corrected chi connectivity index (χ3v) is 2.32. The zero-order chi connectivity index (χ0) is 9.97. The Labute approximate surface area is 90.5 Å². The van der Waals surface area contributed by atoms with Crippen LogP contribution >= 0.6 is 23.2 Å². The highest BCUT2D eigenvalue weighted by Crippen LogP contribution is 2.19. The van der Waals surface area contributed by atoms with Crippen LogP contribution in [-0.4, -0.2) is 19.7 Å². The molecule has 0 unspecified atom stereocenters. The summed E-state index contributed by atoms with van der Waals surface area (Å²) in [5, 5.41) is 4.41. The topological polar surface area (TPSA) is 43.6 Å². The van der Waals surface area contributed by atoms with Crippen molar-refractivity contribution in [2.45, 2.75) is 5.88 Å². The van der Waals surface area contributed by atoms with Crippen LogP contribution in [0.3, 0.4) is 0 Å². The van der Waals surface area contributed by atoms with Crippen molar-refractivity contribution in [3.63, 3.8) is 0 Å². The molecule has 2 aromatic heterocycles. The highest BCUT2D eigenvalue weighted by atomic mass is 35.5. The standard InChI is InChI=1S/C8H6Cl2N4/c9-4-6-7(10)11-5-12-8(6)14-3-1-2-13-14/h1-3,5H,4H2. The van der Waals surface area contributed by atoms with Crippen LogP contribution in [0.15, 0.2) is 24.8 Å². The molecule has 4 nitrogen and oxygen atoms in total. The Kier molecular flexibility index (Phi) is 2.65. The molecule has 6 heteroatoms. The molecule has 0 atom stereocenters. The third-order valence-electron chi connectivity index (χ3n) is 1.73. The van der Waals surface area contributed by atoms with E-state index in [-0.39, 0.29) is 5.88 Å². The van der Waals surface area contributed by atoms with Crippen molar-refractivity contribution in [1.82, 2.24) is 19.7 Å². The lowest BCUT2D eigenvalue weighted by Gasteiger charge is -2.05. The number of aromatic nitrogens is 4. The summed E-state index contributed by atoms with van der Waals surface area (Å²) in [6.45, 7) is 0. The number of halogens is 2. The molecule has 2 rings (SSSR count). The fourth-order valence-electron chi connectivity index (χ4n) is 1.09. The number of hydrogen-bond acceptors (Lipinski definition) is 3. The SMILES string of the molecule is ClCc1c(Cl)ncnc1-n1cccn1. The van der Waals surface area contributed by atoms with Gasteiger partial charge in [0.05, 0.1) is 5.88 Å². The van der Waals surface area contributed by atoms with Crippen LogP contribution in [0, 0.1) is 0 Å². The molecule has 72 valence electrons. The molecule has 2 aromatic rings. The molecule has 0 fully saturated rings. The molecule has 2 heterocycles. The van der Waals surface area contributed by atoms with Gasteiger partial charge in [-0.1, -0.05) is 11.6 Å². The summed E-state index contributed by atoms with van der Waals surface area (Å²) in [6, 6.07) is 1.80. The lowest BCUT2D eigenvalue weighted by atomic mass is 10.3. The molecule has 0 bridgehead atoms. The summed E-state index contributed by atoms with van der Waals surface area (Å²) in [6.07, 6.45) is 4.82. The first-order chi connectivity index (χ1) is 6.83. The zero-order valence-corrected chi connectivity index (χ0v) is 8.57. The quantitative estimate of drug-likeness (QED) is 0.584. The van der Waals surface area contributed by atoms with Crippen molar-refractivity contribution < 1.29 is 0 Å². The van der Waals surface area contributed by atoms with Gasteiger partial charge in [-0.3, -0.25) is 0 Å². The van der Waals surface area contributed by atoms with E-state index in [0.717, 1.165) is 0 Å². The van der Waals surface area contributed by atoms with E-state index in [1.807, 2.05) is 0 Å². The van der Waals surface area contributed by atoms with Gasteiger partial charge in [-0.15, -0.1) is 11.6 Å². The number of hydrogen-bond donors (Lipinski definition) is 0. The van der Waals surface area contributed by atoms with E-state index < -0.39 is 0 Å². The van der Waals surface area contributed by atoms with Crippen molar-refractivity contribution in [2.24, 2.45) is 0 Å². The maximum absolute atomic E-state index is 5.87. The minimum atomic E-state index is 0.259. The monoisotopic (exact) mass is 228 g/mol. The largest absolute Gasteiger partial charge is 0.224 e.